The van der Waals surface area contributed by atoms with Gasteiger partial charge in [0.05, 0.1) is 12.2 Å². The molecule has 2 N–H and O–H groups in total. The van der Waals surface area contributed by atoms with E-state index in [9.17, 15) is 10.2 Å². The summed E-state index contributed by atoms with van der Waals surface area (Å²) in [6.45, 7) is 17.5. The van der Waals surface area contributed by atoms with Crippen molar-refractivity contribution in [2.75, 3.05) is 14.1 Å². The largest absolute Gasteiger partial charge is 0.393 e. The van der Waals surface area contributed by atoms with Crippen molar-refractivity contribution in [3.8, 4) is 0 Å². The topological polar surface area (TPSA) is 46.9 Å². The summed E-state index contributed by atoms with van der Waals surface area (Å²) >= 11 is 0. The molecule has 0 unspecified atom stereocenters. The number of nitrogens with zero attached hydrogens (tertiary/aromatic N) is 2. The van der Waals surface area contributed by atoms with Crippen molar-refractivity contribution < 1.29 is 10.2 Å². The van der Waals surface area contributed by atoms with E-state index >= 15 is 0 Å². The van der Waals surface area contributed by atoms with Crippen molar-refractivity contribution in [2.45, 2.75) is 115 Å². The molecule has 0 radical (unpaired) electrons. The minimum absolute atomic E-state index is 0.126. The molecule has 2 rings (SSSR count). The average molecular weight is 343 g/mol. The third-order valence-corrected chi connectivity index (χ3v) is 6.57. The molecule has 2 aliphatic heterocycles. The first-order valence-electron chi connectivity index (χ1n) is 9.35. The highest BCUT2D eigenvalue weighted by Crippen LogP contribution is 2.37. The Morgan fingerprint density at radius 3 is 0.875 bits per heavy atom. The van der Waals surface area contributed by atoms with Crippen molar-refractivity contribution in [2.24, 2.45) is 0 Å². The van der Waals surface area contributed by atoms with Gasteiger partial charge in [-0.15, -0.1) is 0 Å². The van der Waals surface area contributed by atoms with Crippen LogP contribution < -0.4 is 0 Å². The van der Waals surface area contributed by atoms with Crippen LogP contribution in [0.2, 0.25) is 0 Å². The Kier molecular flexibility index (Phi) is 6.26. The van der Waals surface area contributed by atoms with Gasteiger partial charge < -0.3 is 10.2 Å². The van der Waals surface area contributed by atoms with Gasteiger partial charge in [0, 0.05) is 22.2 Å². The average Bonchev–Trinajstić information content (AvgIpc) is 2.31. The normalized spacial score (nSPS) is 30.5. The van der Waals surface area contributed by atoms with Gasteiger partial charge in [-0.1, -0.05) is 0 Å². The van der Waals surface area contributed by atoms with E-state index in [1.807, 2.05) is 0 Å². The zero-order valence-electron chi connectivity index (χ0n) is 17.8. The maximum Gasteiger partial charge on any atom is 0.0575 e. The van der Waals surface area contributed by atoms with Crippen molar-refractivity contribution >= 4 is 0 Å². The van der Waals surface area contributed by atoms with Crippen molar-refractivity contribution in [3.05, 3.63) is 0 Å². The van der Waals surface area contributed by atoms with Crippen LogP contribution in [0.3, 0.4) is 0 Å². The van der Waals surface area contributed by atoms with E-state index in [2.05, 4.69) is 79.3 Å². The fourth-order valence-electron chi connectivity index (χ4n) is 4.64. The molecule has 0 aliphatic carbocycles. The summed E-state index contributed by atoms with van der Waals surface area (Å²) in [7, 11) is 4.29. The lowest BCUT2D eigenvalue weighted by molar-refractivity contribution is -0.0646. The maximum atomic E-state index is 9.67. The Morgan fingerprint density at radius 1 is 0.542 bits per heavy atom. The fourth-order valence-corrected chi connectivity index (χ4v) is 4.64. The summed E-state index contributed by atoms with van der Waals surface area (Å²) in [5.74, 6) is 0. The number of aliphatic hydroxyl groups is 2. The molecule has 4 heteroatoms. The van der Waals surface area contributed by atoms with E-state index in [0.29, 0.717) is 0 Å². The number of piperidine rings is 2. The van der Waals surface area contributed by atoms with Crippen LogP contribution in [0.1, 0.15) is 81.1 Å². The predicted molar refractivity (Wildman–Crippen MR) is 102 cm³/mol. The number of aliphatic hydroxyl groups excluding tert-OH is 2. The lowest BCUT2D eigenvalue weighted by atomic mass is 9.79. The summed E-state index contributed by atoms with van der Waals surface area (Å²) in [6.07, 6.45) is 3.26. The van der Waals surface area contributed by atoms with Crippen LogP contribution in [0.15, 0.2) is 0 Å². The van der Waals surface area contributed by atoms with Gasteiger partial charge in [-0.05, 0) is 95.2 Å². The van der Waals surface area contributed by atoms with E-state index in [1.165, 1.54) is 0 Å². The molecule has 0 bridgehead atoms. The zero-order valence-corrected chi connectivity index (χ0v) is 17.8. The second-order valence-electron chi connectivity index (χ2n) is 10.5. The lowest BCUT2D eigenvalue weighted by Crippen LogP contribution is -2.59. The third-order valence-electron chi connectivity index (χ3n) is 6.57. The van der Waals surface area contributed by atoms with Crippen LogP contribution in [0.25, 0.3) is 0 Å². The smallest absolute Gasteiger partial charge is 0.0575 e. The van der Waals surface area contributed by atoms with Crippen LogP contribution in [0.4, 0.5) is 0 Å². The van der Waals surface area contributed by atoms with Crippen LogP contribution in [0, 0.1) is 0 Å². The molecule has 0 aromatic carbocycles. The summed E-state index contributed by atoms with van der Waals surface area (Å²) in [6, 6.07) is 0. The minimum Gasteiger partial charge on any atom is -0.393 e. The first kappa shape index (κ1) is 21.9. The quantitative estimate of drug-likeness (QED) is 0.709. The van der Waals surface area contributed by atoms with Gasteiger partial charge in [-0.25, -0.2) is 0 Å². The number of hydrogen-bond donors (Lipinski definition) is 2. The maximum absolute atomic E-state index is 9.67. The molecule has 0 saturated carbocycles. The van der Waals surface area contributed by atoms with Gasteiger partial charge >= 0.3 is 0 Å². The van der Waals surface area contributed by atoms with Gasteiger partial charge in [-0.3, -0.25) is 9.80 Å². The Labute approximate surface area is 150 Å². The Morgan fingerprint density at radius 2 is 0.708 bits per heavy atom. The Hall–Kier alpha value is -0.160. The molecule has 0 aromatic heterocycles. The number of likely N-dealkylation sites (tertiary alicyclic amines) is 2. The summed E-state index contributed by atoms with van der Waals surface area (Å²) in [5.41, 5.74) is 0.505. The molecule has 4 nitrogen and oxygen atoms in total. The predicted octanol–water partition coefficient (Wildman–Crippen LogP) is 3.26. The van der Waals surface area contributed by atoms with Crippen LogP contribution in [0.5, 0.6) is 0 Å². The summed E-state index contributed by atoms with van der Waals surface area (Å²) in [5, 5.41) is 19.3. The van der Waals surface area contributed by atoms with E-state index in [-0.39, 0.29) is 34.4 Å². The molecular formula is C20H42N2O2. The molecule has 2 fully saturated rings. The monoisotopic (exact) mass is 342 g/mol. The van der Waals surface area contributed by atoms with Crippen LogP contribution >= 0.6 is 0 Å². The van der Waals surface area contributed by atoms with Crippen molar-refractivity contribution in [1.29, 1.82) is 0 Å². The highest BCUT2D eigenvalue weighted by molar-refractivity contribution is 4.99. The highest BCUT2D eigenvalue weighted by Gasteiger charge is 2.43. The molecule has 0 aromatic rings. The molecular weight excluding hydrogens is 300 g/mol. The second-order valence-corrected chi connectivity index (χ2v) is 10.5. The van der Waals surface area contributed by atoms with E-state index in [4.69, 9.17) is 0 Å². The lowest BCUT2D eigenvalue weighted by Gasteiger charge is -2.52. The molecule has 24 heavy (non-hydrogen) atoms. The standard InChI is InChI=1S/2C10H21NO/c2*1-9(2)6-8(12)7-10(3,4)11(9)5/h2*8,12H,6-7H2,1-5H3. The third kappa shape index (κ3) is 4.94. The molecule has 0 atom stereocenters. The van der Waals surface area contributed by atoms with Crippen molar-refractivity contribution in [3.63, 3.8) is 0 Å². The van der Waals surface area contributed by atoms with Gasteiger partial charge in [-0.2, -0.15) is 0 Å². The Balaban J connectivity index is 0.000000240. The summed E-state index contributed by atoms with van der Waals surface area (Å²) in [4.78, 5) is 4.74. The Bertz CT molecular complexity index is 353. The van der Waals surface area contributed by atoms with Crippen LogP contribution in [-0.2, 0) is 0 Å². The highest BCUT2D eigenvalue weighted by atomic mass is 16.3. The van der Waals surface area contributed by atoms with Gasteiger partial charge in [0.2, 0.25) is 0 Å². The molecule has 2 heterocycles. The van der Waals surface area contributed by atoms with Crippen LogP contribution in [-0.4, -0.2) is 68.5 Å². The zero-order chi connectivity index (χ0) is 19.1. The van der Waals surface area contributed by atoms with Crippen molar-refractivity contribution in [1.82, 2.24) is 9.80 Å². The summed E-state index contributed by atoms with van der Waals surface area (Å²) < 4.78 is 0. The second kappa shape index (κ2) is 6.86. The molecule has 2 saturated heterocycles. The van der Waals surface area contributed by atoms with Gasteiger partial charge in [0.1, 0.15) is 0 Å². The number of hydrogen-bond acceptors (Lipinski definition) is 4. The molecule has 0 amide bonds. The minimum atomic E-state index is -0.133. The van der Waals surface area contributed by atoms with Gasteiger partial charge in [0.15, 0.2) is 0 Å². The van der Waals surface area contributed by atoms with E-state index < -0.39 is 0 Å². The fraction of sp³-hybridized carbons (Fsp3) is 1.00. The van der Waals surface area contributed by atoms with E-state index in [1.54, 1.807) is 0 Å². The molecule has 2 aliphatic rings. The SMILES string of the molecule is CN1C(C)(C)CC(O)CC1(C)C.CN1C(C)(C)CC(O)CC1(C)C. The molecule has 0 spiro atoms. The first-order valence-corrected chi connectivity index (χ1v) is 9.35. The molecule has 144 valence electrons. The first-order chi connectivity index (χ1) is 10.5. The van der Waals surface area contributed by atoms with Gasteiger partial charge in [0.25, 0.3) is 0 Å². The number of rotatable bonds is 0. The van der Waals surface area contributed by atoms with E-state index in [0.717, 1.165) is 25.7 Å².